The van der Waals surface area contributed by atoms with E-state index in [1.165, 1.54) is 6.42 Å². The number of hydrogen-bond acceptors (Lipinski definition) is 3. The van der Waals surface area contributed by atoms with E-state index in [1.54, 1.807) is 0 Å². The minimum atomic E-state index is 0.221. The van der Waals surface area contributed by atoms with Crippen molar-refractivity contribution < 1.29 is 4.79 Å². The van der Waals surface area contributed by atoms with E-state index in [2.05, 4.69) is 26.1 Å². The molecule has 4 heteroatoms. The molecule has 0 aromatic heterocycles. The number of nitrogens with zero attached hydrogens (tertiary/aromatic N) is 1. The normalized spacial score (nSPS) is 14.9. The van der Waals surface area contributed by atoms with Gasteiger partial charge in [-0.05, 0) is 50.6 Å². The van der Waals surface area contributed by atoms with Crippen LogP contribution in [0.3, 0.4) is 0 Å². The smallest absolute Gasteiger partial charge is 0.227 e. The molecule has 1 aliphatic heterocycles. The zero-order valence-electron chi connectivity index (χ0n) is 14.3. The number of carbonyl (C=O) groups excluding carboxylic acids is 1. The molecule has 124 valence electrons. The maximum absolute atomic E-state index is 12.4. The summed E-state index contributed by atoms with van der Waals surface area (Å²) >= 11 is 0. The predicted octanol–water partition coefficient (Wildman–Crippen LogP) is 2.83. The fourth-order valence-electron chi connectivity index (χ4n) is 2.67. The molecule has 22 heavy (non-hydrogen) atoms. The largest absolute Gasteiger partial charge is 0.399 e. The highest BCUT2D eigenvalue weighted by atomic mass is 16.2. The second-order valence-corrected chi connectivity index (χ2v) is 5.79. The number of piperidine rings is 1. The molecule has 0 radical (unpaired) electrons. The second kappa shape index (κ2) is 10.2. The Morgan fingerprint density at radius 2 is 1.73 bits per heavy atom. The van der Waals surface area contributed by atoms with E-state index in [4.69, 9.17) is 5.73 Å². The molecule has 0 spiro atoms. The van der Waals surface area contributed by atoms with Crippen LogP contribution >= 0.6 is 0 Å². The highest BCUT2D eigenvalue weighted by molar-refractivity contribution is 5.79. The van der Waals surface area contributed by atoms with E-state index >= 15 is 0 Å². The lowest BCUT2D eigenvalue weighted by Crippen LogP contribution is -2.46. The van der Waals surface area contributed by atoms with Gasteiger partial charge in [-0.1, -0.05) is 32.4 Å². The zero-order chi connectivity index (χ0) is 16.4. The fourth-order valence-corrected chi connectivity index (χ4v) is 2.67. The number of nitrogen functional groups attached to an aromatic ring is 1. The number of nitrogens with one attached hydrogen (secondary N) is 1. The SMILES string of the molecule is CCC.CCN(C(=O)Cc1ccc(N)cc1)C1CCNCC1. The van der Waals surface area contributed by atoms with Gasteiger partial charge >= 0.3 is 0 Å². The molecule has 1 saturated heterocycles. The Balaban J connectivity index is 0.000000745. The average Bonchev–Trinajstić information content (AvgIpc) is 2.52. The van der Waals surface area contributed by atoms with Crippen molar-refractivity contribution in [3.8, 4) is 0 Å². The molecule has 1 amide bonds. The summed E-state index contributed by atoms with van der Waals surface area (Å²) in [5.74, 6) is 0.221. The van der Waals surface area contributed by atoms with E-state index in [-0.39, 0.29) is 5.91 Å². The van der Waals surface area contributed by atoms with Crippen molar-refractivity contribution in [2.75, 3.05) is 25.4 Å². The highest BCUT2D eigenvalue weighted by Gasteiger charge is 2.23. The highest BCUT2D eigenvalue weighted by Crippen LogP contribution is 2.14. The first-order valence-electron chi connectivity index (χ1n) is 8.46. The number of nitrogens with two attached hydrogens (primary N) is 1. The molecular formula is C18H31N3O. The van der Waals surface area contributed by atoms with Crippen LogP contribution in [-0.4, -0.2) is 36.5 Å². The lowest BCUT2D eigenvalue weighted by Gasteiger charge is -2.34. The van der Waals surface area contributed by atoms with Crippen molar-refractivity contribution in [1.82, 2.24) is 10.2 Å². The first-order valence-corrected chi connectivity index (χ1v) is 8.46. The number of rotatable bonds is 4. The van der Waals surface area contributed by atoms with E-state index in [1.807, 2.05) is 29.2 Å². The maximum Gasteiger partial charge on any atom is 0.227 e. The molecule has 2 rings (SSSR count). The topological polar surface area (TPSA) is 58.4 Å². The van der Waals surface area contributed by atoms with Crippen molar-refractivity contribution in [2.24, 2.45) is 0 Å². The number of hydrogen-bond donors (Lipinski definition) is 2. The zero-order valence-corrected chi connectivity index (χ0v) is 14.3. The van der Waals surface area contributed by atoms with Gasteiger partial charge in [-0.2, -0.15) is 0 Å². The third-order valence-corrected chi connectivity index (χ3v) is 3.75. The van der Waals surface area contributed by atoms with Gasteiger partial charge < -0.3 is 16.0 Å². The van der Waals surface area contributed by atoms with Crippen molar-refractivity contribution in [3.63, 3.8) is 0 Å². The van der Waals surface area contributed by atoms with Crippen LogP contribution in [0.1, 0.15) is 45.6 Å². The lowest BCUT2D eigenvalue weighted by atomic mass is 10.0. The molecule has 0 bridgehead atoms. The van der Waals surface area contributed by atoms with Crippen LogP contribution in [0, 0.1) is 0 Å². The van der Waals surface area contributed by atoms with Gasteiger partial charge in [0.1, 0.15) is 0 Å². The molecule has 0 unspecified atom stereocenters. The standard InChI is InChI=1S/C15H23N3O.C3H8/c1-2-18(14-7-9-17-10-8-14)15(19)11-12-3-5-13(16)6-4-12;1-3-2/h3-6,14,17H,2,7-11,16H2,1H3;3H2,1-2H3. The van der Waals surface area contributed by atoms with E-state index in [9.17, 15) is 4.79 Å². The Morgan fingerprint density at radius 1 is 1.18 bits per heavy atom. The molecular weight excluding hydrogens is 274 g/mol. The van der Waals surface area contributed by atoms with Gasteiger partial charge in [0, 0.05) is 18.3 Å². The van der Waals surface area contributed by atoms with Crippen LogP contribution in [0.15, 0.2) is 24.3 Å². The van der Waals surface area contributed by atoms with Crippen LogP contribution in [0.2, 0.25) is 0 Å². The maximum atomic E-state index is 12.4. The fraction of sp³-hybridized carbons (Fsp3) is 0.611. The Kier molecular flexibility index (Phi) is 8.60. The minimum Gasteiger partial charge on any atom is -0.399 e. The Bertz CT molecular complexity index is 424. The average molecular weight is 305 g/mol. The predicted molar refractivity (Wildman–Crippen MR) is 93.8 cm³/mol. The summed E-state index contributed by atoms with van der Waals surface area (Å²) in [5.41, 5.74) is 7.43. The van der Waals surface area contributed by atoms with Gasteiger partial charge in [-0.15, -0.1) is 0 Å². The summed E-state index contributed by atoms with van der Waals surface area (Å²) in [6, 6.07) is 7.97. The molecule has 1 aromatic rings. The lowest BCUT2D eigenvalue weighted by molar-refractivity contribution is -0.133. The molecule has 0 aliphatic carbocycles. The van der Waals surface area contributed by atoms with E-state index in [0.717, 1.165) is 43.7 Å². The van der Waals surface area contributed by atoms with E-state index < -0.39 is 0 Å². The summed E-state index contributed by atoms with van der Waals surface area (Å²) in [5, 5.41) is 3.34. The van der Waals surface area contributed by atoms with Gasteiger partial charge in [-0.25, -0.2) is 0 Å². The molecule has 0 saturated carbocycles. The van der Waals surface area contributed by atoms with Crippen molar-refractivity contribution in [2.45, 2.75) is 52.5 Å². The quantitative estimate of drug-likeness (QED) is 0.841. The Morgan fingerprint density at radius 3 is 2.23 bits per heavy atom. The van der Waals surface area contributed by atoms with Crippen molar-refractivity contribution in [1.29, 1.82) is 0 Å². The molecule has 1 aromatic carbocycles. The number of likely N-dealkylation sites (N-methyl/N-ethyl adjacent to an activating group) is 1. The van der Waals surface area contributed by atoms with Gasteiger partial charge in [0.05, 0.1) is 6.42 Å². The number of anilines is 1. The Labute approximate surface area is 135 Å². The van der Waals surface area contributed by atoms with Gasteiger partial charge in [0.15, 0.2) is 0 Å². The summed E-state index contributed by atoms with van der Waals surface area (Å²) < 4.78 is 0. The molecule has 4 nitrogen and oxygen atoms in total. The summed E-state index contributed by atoms with van der Waals surface area (Å²) in [4.78, 5) is 14.4. The molecule has 1 aliphatic rings. The van der Waals surface area contributed by atoms with E-state index in [0.29, 0.717) is 12.5 Å². The molecule has 1 fully saturated rings. The monoisotopic (exact) mass is 305 g/mol. The third kappa shape index (κ3) is 6.06. The van der Waals surface area contributed by atoms with Crippen LogP contribution in [0.5, 0.6) is 0 Å². The number of benzene rings is 1. The van der Waals surface area contributed by atoms with Crippen LogP contribution in [0.25, 0.3) is 0 Å². The number of amides is 1. The van der Waals surface area contributed by atoms with Crippen LogP contribution in [-0.2, 0) is 11.2 Å². The number of carbonyl (C=O) groups is 1. The molecule has 0 atom stereocenters. The first kappa shape index (κ1) is 18.5. The Hall–Kier alpha value is -1.55. The minimum absolute atomic E-state index is 0.221. The molecule has 3 N–H and O–H groups in total. The first-order chi connectivity index (χ1) is 10.6. The summed E-state index contributed by atoms with van der Waals surface area (Å²) in [6.45, 7) is 9.12. The summed E-state index contributed by atoms with van der Waals surface area (Å²) in [6.07, 6.45) is 3.83. The van der Waals surface area contributed by atoms with Crippen molar-refractivity contribution in [3.05, 3.63) is 29.8 Å². The molecule has 1 heterocycles. The summed E-state index contributed by atoms with van der Waals surface area (Å²) in [7, 11) is 0. The van der Waals surface area contributed by atoms with Crippen LogP contribution in [0.4, 0.5) is 5.69 Å². The van der Waals surface area contributed by atoms with Crippen LogP contribution < -0.4 is 11.1 Å². The van der Waals surface area contributed by atoms with Crippen molar-refractivity contribution >= 4 is 11.6 Å². The van der Waals surface area contributed by atoms with Gasteiger partial charge in [0.25, 0.3) is 0 Å². The second-order valence-electron chi connectivity index (χ2n) is 5.79. The van der Waals surface area contributed by atoms with Gasteiger partial charge in [-0.3, -0.25) is 4.79 Å². The third-order valence-electron chi connectivity index (χ3n) is 3.75. The van der Waals surface area contributed by atoms with Gasteiger partial charge in [0.2, 0.25) is 5.91 Å².